The van der Waals surface area contributed by atoms with Crippen LogP contribution in [0.3, 0.4) is 0 Å². The molecule has 112 valence electrons. The van der Waals surface area contributed by atoms with E-state index in [0.717, 1.165) is 31.6 Å². The molecule has 20 heavy (non-hydrogen) atoms. The molecule has 1 saturated carbocycles. The molecule has 0 amide bonds. The third-order valence-electron chi connectivity index (χ3n) is 4.56. The van der Waals surface area contributed by atoms with Crippen molar-refractivity contribution in [1.29, 1.82) is 0 Å². The van der Waals surface area contributed by atoms with Crippen LogP contribution >= 0.6 is 0 Å². The fourth-order valence-corrected chi connectivity index (χ4v) is 3.28. The summed E-state index contributed by atoms with van der Waals surface area (Å²) in [5.74, 6) is 0.656. The van der Waals surface area contributed by atoms with Gasteiger partial charge in [-0.05, 0) is 13.5 Å². The Labute approximate surface area is 119 Å². The van der Waals surface area contributed by atoms with Gasteiger partial charge >= 0.3 is 0 Å². The lowest BCUT2D eigenvalue weighted by atomic mass is 9.85. The van der Waals surface area contributed by atoms with Crippen LogP contribution in [-0.4, -0.2) is 52.6 Å². The standard InChI is InChI=1S/C14H24N4O2/c1-17-6-5-16-13(17)10-18(2)12-9-14(4-3-11(12)15)19-7-8-20-14/h5-6,11-12H,3-4,7-10,15H2,1-2H3. The van der Waals surface area contributed by atoms with Crippen molar-refractivity contribution in [2.75, 3.05) is 20.3 Å². The molecule has 1 aromatic rings. The van der Waals surface area contributed by atoms with Gasteiger partial charge in [-0.25, -0.2) is 4.98 Å². The number of hydrogen-bond acceptors (Lipinski definition) is 5. The second kappa shape index (κ2) is 5.44. The van der Waals surface area contributed by atoms with Crippen molar-refractivity contribution < 1.29 is 9.47 Å². The Morgan fingerprint density at radius 1 is 1.50 bits per heavy atom. The lowest BCUT2D eigenvalue weighted by Crippen LogP contribution is -2.55. The van der Waals surface area contributed by atoms with Crippen LogP contribution in [0.2, 0.25) is 0 Å². The molecular formula is C14H24N4O2. The second-order valence-corrected chi connectivity index (χ2v) is 5.95. The fraction of sp³-hybridized carbons (Fsp3) is 0.786. The Morgan fingerprint density at radius 2 is 2.25 bits per heavy atom. The van der Waals surface area contributed by atoms with Crippen molar-refractivity contribution in [3.8, 4) is 0 Å². The minimum atomic E-state index is -0.392. The predicted octanol–water partition coefficient (Wildman–Crippen LogP) is 0.475. The van der Waals surface area contributed by atoms with Gasteiger partial charge in [-0.15, -0.1) is 0 Å². The van der Waals surface area contributed by atoms with E-state index in [1.807, 2.05) is 24.0 Å². The topological polar surface area (TPSA) is 65.5 Å². The van der Waals surface area contributed by atoms with E-state index in [2.05, 4.69) is 16.9 Å². The molecule has 0 radical (unpaired) electrons. The molecule has 2 atom stereocenters. The van der Waals surface area contributed by atoms with Gasteiger partial charge in [-0.3, -0.25) is 4.90 Å². The molecule has 1 spiro atoms. The summed E-state index contributed by atoms with van der Waals surface area (Å²) in [5.41, 5.74) is 6.32. The maximum absolute atomic E-state index is 6.32. The number of likely N-dealkylation sites (N-methyl/N-ethyl adjacent to an activating group) is 1. The van der Waals surface area contributed by atoms with Crippen LogP contribution in [0.1, 0.15) is 25.1 Å². The van der Waals surface area contributed by atoms with E-state index in [1.54, 1.807) is 0 Å². The van der Waals surface area contributed by atoms with E-state index in [4.69, 9.17) is 15.2 Å². The Morgan fingerprint density at radius 3 is 2.90 bits per heavy atom. The minimum absolute atomic E-state index is 0.165. The van der Waals surface area contributed by atoms with Gasteiger partial charge in [-0.1, -0.05) is 0 Å². The first-order chi connectivity index (χ1) is 9.60. The summed E-state index contributed by atoms with van der Waals surface area (Å²) in [7, 11) is 4.12. The molecule has 1 aromatic heterocycles. The SMILES string of the molecule is CN(Cc1nccn1C)C1CC2(CCC1N)OCCO2. The Kier molecular flexibility index (Phi) is 3.81. The normalized spacial score (nSPS) is 29.4. The molecule has 1 aliphatic heterocycles. The van der Waals surface area contributed by atoms with Gasteiger partial charge in [0.25, 0.3) is 0 Å². The molecule has 2 N–H and O–H groups in total. The molecule has 2 unspecified atom stereocenters. The zero-order valence-electron chi connectivity index (χ0n) is 12.3. The van der Waals surface area contributed by atoms with Gasteiger partial charge in [0, 0.05) is 44.4 Å². The average molecular weight is 280 g/mol. The van der Waals surface area contributed by atoms with Gasteiger partial charge < -0.3 is 19.8 Å². The molecule has 2 aliphatic rings. The van der Waals surface area contributed by atoms with E-state index in [1.165, 1.54) is 0 Å². The molecule has 6 nitrogen and oxygen atoms in total. The monoisotopic (exact) mass is 280 g/mol. The van der Waals surface area contributed by atoms with Gasteiger partial charge in [0.2, 0.25) is 0 Å². The number of ether oxygens (including phenoxy) is 2. The summed E-state index contributed by atoms with van der Waals surface area (Å²) in [6.07, 6.45) is 6.48. The third kappa shape index (κ3) is 2.61. The number of rotatable bonds is 3. The molecule has 6 heteroatoms. The van der Waals surface area contributed by atoms with Crippen LogP contribution in [-0.2, 0) is 23.1 Å². The first-order valence-electron chi connectivity index (χ1n) is 7.30. The molecular weight excluding hydrogens is 256 g/mol. The Bertz CT molecular complexity index is 456. The van der Waals surface area contributed by atoms with E-state index in [0.29, 0.717) is 13.2 Å². The summed E-state index contributed by atoms with van der Waals surface area (Å²) < 4.78 is 13.7. The van der Waals surface area contributed by atoms with Gasteiger partial charge in [0.15, 0.2) is 5.79 Å². The number of nitrogens with two attached hydrogens (primary N) is 1. The third-order valence-corrected chi connectivity index (χ3v) is 4.56. The lowest BCUT2D eigenvalue weighted by Gasteiger charge is -2.43. The highest BCUT2D eigenvalue weighted by molar-refractivity contribution is 4.97. The van der Waals surface area contributed by atoms with Crippen LogP contribution in [0.15, 0.2) is 12.4 Å². The molecule has 2 fully saturated rings. The van der Waals surface area contributed by atoms with Gasteiger partial charge in [0.05, 0.1) is 19.8 Å². The summed E-state index contributed by atoms with van der Waals surface area (Å²) >= 11 is 0. The van der Waals surface area contributed by atoms with Crippen molar-refractivity contribution in [3.63, 3.8) is 0 Å². The smallest absolute Gasteiger partial charge is 0.170 e. The van der Waals surface area contributed by atoms with Crippen molar-refractivity contribution in [2.24, 2.45) is 12.8 Å². The number of imidazole rings is 1. The van der Waals surface area contributed by atoms with E-state index in [-0.39, 0.29) is 12.1 Å². The van der Waals surface area contributed by atoms with Crippen LogP contribution < -0.4 is 5.73 Å². The Hall–Kier alpha value is -0.950. The van der Waals surface area contributed by atoms with Crippen molar-refractivity contribution in [2.45, 2.75) is 43.7 Å². The largest absolute Gasteiger partial charge is 0.347 e. The highest BCUT2D eigenvalue weighted by Gasteiger charge is 2.45. The van der Waals surface area contributed by atoms with Crippen molar-refractivity contribution in [1.82, 2.24) is 14.5 Å². The summed E-state index contributed by atoms with van der Waals surface area (Å²) in [4.78, 5) is 6.66. The Balaban J connectivity index is 1.69. The maximum atomic E-state index is 6.32. The maximum Gasteiger partial charge on any atom is 0.170 e. The second-order valence-electron chi connectivity index (χ2n) is 5.95. The molecule has 1 saturated heterocycles. The minimum Gasteiger partial charge on any atom is -0.347 e. The van der Waals surface area contributed by atoms with Gasteiger partial charge in [-0.2, -0.15) is 0 Å². The van der Waals surface area contributed by atoms with Gasteiger partial charge in [0.1, 0.15) is 5.82 Å². The first kappa shape index (κ1) is 14.0. The van der Waals surface area contributed by atoms with E-state index >= 15 is 0 Å². The quantitative estimate of drug-likeness (QED) is 0.872. The molecule has 3 rings (SSSR count). The highest BCUT2D eigenvalue weighted by Crippen LogP contribution is 2.37. The lowest BCUT2D eigenvalue weighted by molar-refractivity contribution is -0.191. The van der Waals surface area contributed by atoms with E-state index in [9.17, 15) is 0 Å². The summed E-state index contributed by atoms with van der Waals surface area (Å²) in [5, 5.41) is 0. The zero-order valence-corrected chi connectivity index (χ0v) is 12.3. The van der Waals surface area contributed by atoms with Crippen molar-refractivity contribution >= 4 is 0 Å². The van der Waals surface area contributed by atoms with Crippen LogP contribution in [0, 0.1) is 0 Å². The number of aryl methyl sites for hydroxylation is 1. The van der Waals surface area contributed by atoms with Crippen molar-refractivity contribution in [3.05, 3.63) is 18.2 Å². The number of nitrogens with zero attached hydrogens (tertiary/aromatic N) is 3. The highest BCUT2D eigenvalue weighted by atomic mass is 16.7. The first-order valence-corrected chi connectivity index (χ1v) is 7.30. The van der Waals surface area contributed by atoms with Crippen LogP contribution in [0.25, 0.3) is 0 Å². The van der Waals surface area contributed by atoms with E-state index < -0.39 is 5.79 Å². The molecule has 2 heterocycles. The van der Waals surface area contributed by atoms with Crippen LogP contribution in [0.4, 0.5) is 0 Å². The number of aromatic nitrogens is 2. The molecule has 0 aromatic carbocycles. The summed E-state index contributed by atoms with van der Waals surface area (Å²) in [6, 6.07) is 0.428. The summed E-state index contributed by atoms with van der Waals surface area (Å²) in [6.45, 7) is 2.19. The fourth-order valence-electron chi connectivity index (χ4n) is 3.28. The zero-order chi connectivity index (χ0) is 14.2. The number of hydrogen-bond donors (Lipinski definition) is 1. The molecule has 0 bridgehead atoms. The predicted molar refractivity (Wildman–Crippen MR) is 74.9 cm³/mol. The van der Waals surface area contributed by atoms with Crippen LogP contribution in [0.5, 0.6) is 0 Å². The average Bonchev–Trinajstić information content (AvgIpc) is 3.04. The molecule has 1 aliphatic carbocycles.